The van der Waals surface area contributed by atoms with E-state index in [2.05, 4.69) is 6.92 Å². The van der Waals surface area contributed by atoms with Crippen LogP contribution in [0.25, 0.3) is 0 Å². The van der Waals surface area contributed by atoms with Gasteiger partial charge in [-0.3, -0.25) is 4.79 Å². The molecule has 1 rings (SSSR count). The second-order valence-corrected chi connectivity index (χ2v) is 8.04. The zero-order valence-electron chi connectivity index (χ0n) is 14.8. The molecule has 1 saturated heterocycles. The normalized spacial score (nSPS) is 20.1. The van der Waals surface area contributed by atoms with Crippen molar-refractivity contribution in [2.24, 2.45) is 0 Å². The van der Waals surface area contributed by atoms with Gasteiger partial charge in [-0.25, -0.2) is 0 Å². The summed E-state index contributed by atoms with van der Waals surface area (Å²) in [6.07, 6.45) is 19.4. The second-order valence-electron chi connectivity index (χ2n) is 6.65. The molecular formula is C19H36O2S. The van der Waals surface area contributed by atoms with Crippen LogP contribution in [0, 0.1) is 0 Å². The minimum atomic E-state index is -0.0234. The molecule has 0 amide bonds. The van der Waals surface area contributed by atoms with Crippen molar-refractivity contribution >= 4 is 17.7 Å². The second kappa shape index (κ2) is 13.3. The van der Waals surface area contributed by atoms with Gasteiger partial charge < -0.3 is 4.74 Å². The molecule has 2 unspecified atom stereocenters. The number of esters is 1. The number of hydrogen-bond donors (Lipinski definition) is 0. The first kappa shape index (κ1) is 19.9. The van der Waals surface area contributed by atoms with Gasteiger partial charge in [-0.2, -0.15) is 0 Å². The maximum absolute atomic E-state index is 11.3. The zero-order chi connectivity index (χ0) is 16.0. The Bertz CT molecular complexity index is 281. The minimum Gasteiger partial charge on any atom is -0.468 e. The van der Waals surface area contributed by atoms with E-state index >= 15 is 0 Å². The van der Waals surface area contributed by atoms with E-state index in [9.17, 15) is 4.79 Å². The summed E-state index contributed by atoms with van der Waals surface area (Å²) in [6, 6.07) is 0. The van der Waals surface area contributed by atoms with Gasteiger partial charge in [-0.05, 0) is 6.42 Å². The highest BCUT2D eigenvalue weighted by molar-refractivity contribution is 8.08. The highest BCUT2D eigenvalue weighted by atomic mass is 32.2. The van der Waals surface area contributed by atoms with E-state index in [0.29, 0.717) is 5.25 Å². The first-order valence-electron chi connectivity index (χ1n) is 9.53. The van der Waals surface area contributed by atoms with E-state index in [0.717, 1.165) is 0 Å². The van der Waals surface area contributed by atoms with Crippen molar-refractivity contribution in [1.29, 1.82) is 0 Å². The molecule has 2 atom stereocenters. The Morgan fingerprint density at radius 1 is 0.818 bits per heavy atom. The Kier molecular flexibility index (Phi) is 12.0. The molecule has 1 fully saturated rings. The van der Waals surface area contributed by atoms with E-state index in [1.165, 1.54) is 97.0 Å². The third-order valence-corrected chi connectivity index (χ3v) is 5.97. The summed E-state index contributed by atoms with van der Waals surface area (Å²) in [5, 5.41) is 0.711. The number of methoxy groups -OCH3 is 1. The van der Waals surface area contributed by atoms with E-state index in [-0.39, 0.29) is 11.2 Å². The molecule has 1 aliphatic heterocycles. The maximum atomic E-state index is 11.3. The van der Waals surface area contributed by atoms with Crippen LogP contribution in [0.1, 0.15) is 96.8 Å². The topological polar surface area (TPSA) is 26.3 Å². The van der Waals surface area contributed by atoms with Crippen molar-refractivity contribution in [3.63, 3.8) is 0 Å². The van der Waals surface area contributed by atoms with Gasteiger partial charge in [0.2, 0.25) is 0 Å². The lowest BCUT2D eigenvalue weighted by Crippen LogP contribution is -2.10. The van der Waals surface area contributed by atoms with Crippen molar-refractivity contribution in [3.05, 3.63) is 0 Å². The lowest BCUT2D eigenvalue weighted by molar-refractivity contribution is -0.139. The molecule has 130 valence electrons. The van der Waals surface area contributed by atoms with Crippen LogP contribution in [-0.4, -0.2) is 23.6 Å². The first-order chi connectivity index (χ1) is 10.8. The summed E-state index contributed by atoms with van der Waals surface area (Å²) in [6.45, 7) is 2.28. The SMILES string of the molecule is CCCCCCCCCCCCCCCC1SC1C(=O)OC. The Morgan fingerprint density at radius 3 is 1.73 bits per heavy atom. The average molecular weight is 329 g/mol. The zero-order valence-corrected chi connectivity index (χ0v) is 15.6. The van der Waals surface area contributed by atoms with Gasteiger partial charge in [-0.15, -0.1) is 11.8 Å². The molecule has 1 heterocycles. The largest absolute Gasteiger partial charge is 0.468 e. The molecule has 2 nitrogen and oxygen atoms in total. The molecular weight excluding hydrogens is 292 g/mol. The smallest absolute Gasteiger partial charge is 0.319 e. The van der Waals surface area contributed by atoms with E-state index in [1.54, 1.807) is 11.8 Å². The molecule has 3 heteroatoms. The van der Waals surface area contributed by atoms with Crippen LogP contribution in [0.4, 0.5) is 0 Å². The molecule has 0 aliphatic carbocycles. The predicted octanol–water partition coefficient (Wildman–Crippen LogP) is 6.12. The number of unbranched alkanes of at least 4 members (excludes halogenated alkanes) is 12. The van der Waals surface area contributed by atoms with Crippen LogP contribution in [0.2, 0.25) is 0 Å². The predicted molar refractivity (Wildman–Crippen MR) is 97.5 cm³/mol. The van der Waals surface area contributed by atoms with Gasteiger partial charge >= 0.3 is 5.97 Å². The quantitative estimate of drug-likeness (QED) is 0.206. The molecule has 0 bridgehead atoms. The lowest BCUT2D eigenvalue weighted by Gasteiger charge is -2.03. The molecule has 0 aromatic carbocycles. The Hall–Kier alpha value is -0.180. The number of carbonyl (C=O) groups is 1. The molecule has 0 N–H and O–H groups in total. The summed E-state index contributed by atoms with van der Waals surface area (Å²) >= 11 is 1.78. The average Bonchev–Trinajstić information content (AvgIpc) is 3.30. The van der Waals surface area contributed by atoms with Crippen LogP contribution >= 0.6 is 11.8 Å². The van der Waals surface area contributed by atoms with Crippen molar-refractivity contribution in [1.82, 2.24) is 0 Å². The van der Waals surface area contributed by atoms with Gasteiger partial charge in [0.05, 0.1) is 7.11 Å². The van der Waals surface area contributed by atoms with E-state index in [4.69, 9.17) is 4.74 Å². The van der Waals surface area contributed by atoms with Crippen molar-refractivity contribution in [2.75, 3.05) is 7.11 Å². The molecule has 0 aromatic heterocycles. The summed E-state index contributed by atoms with van der Waals surface area (Å²) < 4.78 is 4.76. The van der Waals surface area contributed by atoms with Crippen molar-refractivity contribution in [3.8, 4) is 0 Å². The third kappa shape index (κ3) is 9.76. The lowest BCUT2D eigenvalue weighted by atomic mass is 10.0. The summed E-state index contributed by atoms with van der Waals surface area (Å²) in [5.74, 6) is -0.0234. The number of thioether (sulfide) groups is 1. The fourth-order valence-electron chi connectivity index (χ4n) is 3.05. The molecule has 0 radical (unpaired) electrons. The first-order valence-corrected chi connectivity index (χ1v) is 10.5. The molecule has 22 heavy (non-hydrogen) atoms. The summed E-state index contributed by atoms with van der Waals surface area (Å²) in [7, 11) is 1.49. The molecule has 0 saturated carbocycles. The molecule has 0 aromatic rings. The van der Waals surface area contributed by atoms with Crippen LogP contribution < -0.4 is 0 Å². The Balaban J connectivity index is 1.71. The summed E-state index contributed by atoms with van der Waals surface area (Å²) in [5.41, 5.74) is 0. The number of ether oxygens (including phenoxy) is 1. The fraction of sp³-hybridized carbons (Fsp3) is 0.947. The molecule has 1 aliphatic rings. The third-order valence-electron chi connectivity index (χ3n) is 4.61. The highest BCUT2D eigenvalue weighted by Gasteiger charge is 2.44. The van der Waals surface area contributed by atoms with Crippen LogP contribution in [0.15, 0.2) is 0 Å². The van der Waals surface area contributed by atoms with E-state index in [1.807, 2.05) is 0 Å². The number of hydrogen-bond acceptors (Lipinski definition) is 3. The highest BCUT2D eigenvalue weighted by Crippen LogP contribution is 2.45. The van der Waals surface area contributed by atoms with Crippen LogP contribution in [0.3, 0.4) is 0 Å². The van der Waals surface area contributed by atoms with Gasteiger partial charge in [0.1, 0.15) is 5.25 Å². The van der Waals surface area contributed by atoms with Crippen molar-refractivity contribution < 1.29 is 9.53 Å². The minimum absolute atomic E-state index is 0.0234. The van der Waals surface area contributed by atoms with Gasteiger partial charge in [-0.1, -0.05) is 90.4 Å². The number of carbonyl (C=O) groups excluding carboxylic acids is 1. The summed E-state index contributed by atoms with van der Waals surface area (Å²) in [4.78, 5) is 11.3. The van der Waals surface area contributed by atoms with Gasteiger partial charge in [0, 0.05) is 5.25 Å². The van der Waals surface area contributed by atoms with E-state index < -0.39 is 0 Å². The van der Waals surface area contributed by atoms with Crippen molar-refractivity contribution in [2.45, 2.75) is 107 Å². The van der Waals surface area contributed by atoms with Crippen LogP contribution in [-0.2, 0) is 9.53 Å². The standard InChI is InChI=1S/C19H36O2S/c1-3-4-5-6-7-8-9-10-11-12-13-14-15-16-17-18(22-17)19(20)21-2/h17-18H,3-16H2,1-2H3. The number of rotatable bonds is 15. The molecule has 0 spiro atoms. The Labute approximate surface area is 142 Å². The maximum Gasteiger partial charge on any atom is 0.319 e. The van der Waals surface area contributed by atoms with Gasteiger partial charge in [0.15, 0.2) is 0 Å². The van der Waals surface area contributed by atoms with Gasteiger partial charge in [0.25, 0.3) is 0 Å². The fourth-order valence-corrected chi connectivity index (χ4v) is 4.09. The Morgan fingerprint density at radius 2 is 1.27 bits per heavy atom. The van der Waals surface area contributed by atoms with Crippen LogP contribution in [0.5, 0.6) is 0 Å². The monoisotopic (exact) mass is 328 g/mol.